The molecule has 7 nitrogen and oxygen atoms in total. The molecule has 0 unspecified atom stereocenters. The van der Waals surface area contributed by atoms with Gasteiger partial charge in [-0.2, -0.15) is 4.31 Å². The van der Waals surface area contributed by atoms with Crippen molar-refractivity contribution < 1.29 is 18.0 Å². The van der Waals surface area contributed by atoms with Crippen molar-refractivity contribution >= 4 is 39.0 Å². The van der Waals surface area contributed by atoms with Gasteiger partial charge in [0.15, 0.2) is 5.78 Å². The Morgan fingerprint density at radius 3 is 2.48 bits per heavy atom. The minimum atomic E-state index is -3.72. The molecule has 0 radical (unpaired) electrons. The van der Waals surface area contributed by atoms with Crippen LogP contribution < -0.4 is 5.32 Å². The second-order valence-corrected chi connectivity index (χ2v) is 9.41. The molecule has 2 aromatic rings. The zero-order valence-electron chi connectivity index (χ0n) is 16.6. The second kappa shape index (κ2) is 8.30. The van der Waals surface area contributed by atoms with Crippen LogP contribution in [0.4, 0.5) is 5.69 Å². The number of halogens is 1. The van der Waals surface area contributed by atoms with E-state index >= 15 is 0 Å². The average molecular weight is 438 g/mol. The molecule has 2 heterocycles. The number of nitrogens with zero attached hydrogens (tertiary/aromatic N) is 1. The number of hydrogen-bond donors (Lipinski definition) is 2. The van der Waals surface area contributed by atoms with Gasteiger partial charge in [-0.1, -0.05) is 18.5 Å². The lowest BCUT2D eigenvalue weighted by atomic mass is 10.0. The van der Waals surface area contributed by atoms with E-state index < -0.39 is 15.9 Å². The summed E-state index contributed by atoms with van der Waals surface area (Å²) < 4.78 is 27.1. The number of Topliss-reactive ketones (excluding diaryl/α,β-unsaturated/α-hetero) is 1. The van der Waals surface area contributed by atoms with E-state index in [-0.39, 0.29) is 15.7 Å². The first-order valence-electron chi connectivity index (χ1n) is 9.50. The minimum Gasteiger partial charge on any atom is -0.354 e. The number of carbonyl (C=O) groups is 2. The van der Waals surface area contributed by atoms with Gasteiger partial charge in [0.2, 0.25) is 10.0 Å². The smallest absolute Gasteiger partial charge is 0.272 e. The van der Waals surface area contributed by atoms with Crippen molar-refractivity contribution in [2.45, 2.75) is 44.9 Å². The summed E-state index contributed by atoms with van der Waals surface area (Å²) >= 11 is 6.16. The number of sulfonamides is 1. The third kappa shape index (κ3) is 4.10. The normalized spacial score (nSPS) is 14.9. The summed E-state index contributed by atoms with van der Waals surface area (Å²) in [5.41, 5.74) is 2.41. The highest BCUT2D eigenvalue weighted by atomic mass is 35.5. The van der Waals surface area contributed by atoms with Crippen LogP contribution in [0.5, 0.6) is 0 Å². The molecule has 1 aromatic heterocycles. The quantitative estimate of drug-likeness (QED) is 0.671. The molecule has 0 bridgehead atoms. The Labute approximate surface area is 175 Å². The molecule has 1 fully saturated rings. The number of ketones is 1. The van der Waals surface area contributed by atoms with E-state index in [1.54, 1.807) is 13.0 Å². The summed E-state index contributed by atoms with van der Waals surface area (Å²) in [5.74, 6) is -0.551. The van der Waals surface area contributed by atoms with E-state index in [2.05, 4.69) is 10.3 Å². The molecule has 0 saturated carbocycles. The molecular weight excluding hydrogens is 414 g/mol. The lowest BCUT2D eigenvalue weighted by molar-refractivity contribution is 0.101. The average Bonchev–Trinajstić information content (AvgIpc) is 3.31. The molecule has 3 rings (SSSR count). The first-order chi connectivity index (χ1) is 13.7. The van der Waals surface area contributed by atoms with Crippen molar-refractivity contribution in [2.75, 3.05) is 18.4 Å². The summed E-state index contributed by atoms with van der Waals surface area (Å²) in [5, 5.41) is 2.83. The molecule has 1 amide bonds. The predicted molar refractivity (Wildman–Crippen MR) is 112 cm³/mol. The van der Waals surface area contributed by atoms with Crippen LogP contribution in [-0.4, -0.2) is 42.5 Å². The van der Waals surface area contributed by atoms with Gasteiger partial charge in [-0.25, -0.2) is 8.42 Å². The number of aromatic amines is 1. The number of nitrogens with one attached hydrogen (secondary N) is 2. The number of H-pyrrole nitrogens is 1. The van der Waals surface area contributed by atoms with Gasteiger partial charge >= 0.3 is 0 Å². The fourth-order valence-electron chi connectivity index (χ4n) is 3.74. The van der Waals surface area contributed by atoms with Crippen molar-refractivity contribution in [1.29, 1.82) is 0 Å². The summed E-state index contributed by atoms with van der Waals surface area (Å²) in [6, 6.07) is 4.39. The monoisotopic (exact) mass is 437 g/mol. The maximum Gasteiger partial charge on any atom is 0.272 e. The van der Waals surface area contributed by atoms with Crippen LogP contribution in [0, 0.1) is 6.92 Å². The number of aromatic nitrogens is 1. The number of anilines is 1. The Bertz CT molecular complexity index is 1070. The first-order valence-corrected chi connectivity index (χ1v) is 11.3. The molecule has 156 valence electrons. The van der Waals surface area contributed by atoms with Crippen LogP contribution in [0.25, 0.3) is 0 Å². The van der Waals surface area contributed by atoms with E-state index in [9.17, 15) is 18.0 Å². The number of amides is 1. The van der Waals surface area contributed by atoms with Gasteiger partial charge in [0.05, 0.1) is 5.02 Å². The zero-order chi connectivity index (χ0) is 21.3. The van der Waals surface area contributed by atoms with Crippen molar-refractivity contribution in [1.82, 2.24) is 9.29 Å². The number of carbonyl (C=O) groups excluding carboxylic acids is 2. The molecule has 0 spiro atoms. The van der Waals surface area contributed by atoms with Gasteiger partial charge in [0, 0.05) is 30.0 Å². The topological polar surface area (TPSA) is 99.3 Å². The molecule has 1 saturated heterocycles. The van der Waals surface area contributed by atoms with E-state index in [1.807, 2.05) is 6.92 Å². The minimum absolute atomic E-state index is 0.0262. The fraction of sp³-hybridized carbons (Fsp3) is 0.400. The van der Waals surface area contributed by atoms with Crippen molar-refractivity contribution in [2.24, 2.45) is 0 Å². The van der Waals surface area contributed by atoms with E-state index in [0.717, 1.165) is 12.8 Å². The van der Waals surface area contributed by atoms with Crippen LogP contribution in [0.15, 0.2) is 23.1 Å². The Morgan fingerprint density at radius 2 is 1.90 bits per heavy atom. The molecule has 1 aliphatic heterocycles. The molecule has 2 N–H and O–H groups in total. The van der Waals surface area contributed by atoms with Crippen LogP contribution >= 0.6 is 11.6 Å². The van der Waals surface area contributed by atoms with Gasteiger partial charge < -0.3 is 10.3 Å². The second-order valence-electron chi connectivity index (χ2n) is 7.10. The number of aryl methyl sites for hydroxylation is 1. The van der Waals surface area contributed by atoms with Crippen LogP contribution in [0.3, 0.4) is 0 Å². The van der Waals surface area contributed by atoms with Crippen LogP contribution in [0.2, 0.25) is 5.02 Å². The molecular formula is C20H24ClN3O4S. The number of benzene rings is 1. The number of hydrogen-bond acceptors (Lipinski definition) is 4. The van der Waals surface area contributed by atoms with Crippen molar-refractivity contribution in [3.63, 3.8) is 0 Å². The summed E-state index contributed by atoms with van der Waals surface area (Å²) in [6.07, 6.45) is 2.15. The van der Waals surface area contributed by atoms with Gasteiger partial charge in [-0.3, -0.25) is 9.59 Å². The van der Waals surface area contributed by atoms with E-state index in [4.69, 9.17) is 11.6 Å². The molecule has 0 aliphatic carbocycles. The molecule has 1 aliphatic rings. The Balaban J connectivity index is 1.93. The molecule has 9 heteroatoms. The van der Waals surface area contributed by atoms with E-state index in [0.29, 0.717) is 47.7 Å². The fourth-order valence-corrected chi connectivity index (χ4v) is 5.76. The van der Waals surface area contributed by atoms with E-state index in [1.165, 1.54) is 23.4 Å². The highest BCUT2D eigenvalue weighted by Gasteiger charge is 2.29. The standard InChI is InChI=1S/C20H24ClN3O4S/c1-4-15-18(13(3)25)12(2)22-19(15)20(26)23-14-7-8-16(21)17(11-14)29(27,28)24-9-5-6-10-24/h7-8,11,22H,4-6,9-10H2,1-3H3,(H,23,26). The highest BCUT2D eigenvalue weighted by molar-refractivity contribution is 7.89. The third-order valence-corrected chi connectivity index (χ3v) is 7.48. The highest BCUT2D eigenvalue weighted by Crippen LogP contribution is 2.30. The molecule has 29 heavy (non-hydrogen) atoms. The molecule has 0 atom stereocenters. The summed E-state index contributed by atoms with van der Waals surface area (Å²) in [4.78, 5) is 27.7. The zero-order valence-corrected chi connectivity index (χ0v) is 18.2. The Kier molecular flexibility index (Phi) is 6.16. The van der Waals surface area contributed by atoms with Gasteiger partial charge in [0.25, 0.3) is 5.91 Å². The largest absolute Gasteiger partial charge is 0.354 e. The SMILES string of the molecule is CCc1c(C(=O)Nc2ccc(Cl)c(S(=O)(=O)N3CCCC3)c2)[nH]c(C)c1C(C)=O. The summed E-state index contributed by atoms with van der Waals surface area (Å²) in [7, 11) is -3.72. The van der Waals surface area contributed by atoms with Crippen LogP contribution in [0.1, 0.15) is 58.8 Å². The van der Waals surface area contributed by atoms with Gasteiger partial charge in [-0.15, -0.1) is 0 Å². The van der Waals surface area contributed by atoms with Crippen molar-refractivity contribution in [3.05, 3.63) is 45.7 Å². The molecule has 1 aromatic carbocycles. The lowest BCUT2D eigenvalue weighted by Crippen LogP contribution is -2.28. The van der Waals surface area contributed by atoms with Gasteiger partial charge in [0.1, 0.15) is 10.6 Å². The van der Waals surface area contributed by atoms with Crippen molar-refractivity contribution in [3.8, 4) is 0 Å². The third-order valence-electron chi connectivity index (χ3n) is 5.10. The Morgan fingerprint density at radius 1 is 1.24 bits per heavy atom. The maximum atomic E-state index is 12.9. The lowest BCUT2D eigenvalue weighted by Gasteiger charge is -2.17. The predicted octanol–water partition coefficient (Wildman–Crippen LogP) is 3.78. The van der Waals surface area contributed by atoms with Gasteiger partial charge in [-0.05, 0) is 56.9 Å². The first kappa shape index (κ1) is 21.5. The van der Waals surface area contributed by atoms with Crippen LogP contribution in [-0.2, 0) is 16.4 Å². The summed E-state index contributed by atoms with van der Waals surface area (Å²) in [6.45, 7) is 6.01. The number of rotatable bonds is 6. The maximum absolute atomic E-state index is 12.9. The Hall–Kier alpha value is -2.16.